The number of amidine groups is 1. The summed E-state index contributed by atoms with van der Waals surface area (Å²) in [6.45, 7) is 4.65. The third-order valence-corrected chi connectivity index (χ3v) is 5.59. The second-order valence-electron chi connectivity index (χ2n) is 6.71. The van der Waals surface area contributed by atoms with Crippen LogP contribution in [0.3, 0.4) is 0 Å². The van der Waals surface area contributed by atoms with Crippen LogP contribution in [-0.2, 0) is 4.79 Å². The molecular weight excluding hydrogens is 346 g/mol. The second kappa shape index (κ2) is 7.99. The highest BCUT2D eigenvalue weighted by Crippen LogP contribution is 2.38. The minimum Gasteiger partial charge on any atom is -0.494 e. The molecule has 6 heteroatoms. The number of thioether (sulfide) groups is 1. The third-order valence-electron chi connectivity index (χ3n) is 4.80. The lowest BCUT2D eigenvalue weighted by atomic mass is 9.77. The van der Waals surface area contributed by atoms with Gasteiger partial charge in [-0.3, -0.25) is 9.79 Å². The van der Waals surface area contributed by atoms with Crippen molar-refractivity contribution in [2.24, 2.45) is 16.6 Å². The quantitative estimate of drug-likeness (QED) is 0.827. The van der Waals surface area contributed by atoms with Crippen LogP contribution in [0.4, 0.5) is 5.69 Å². The van der Waals surface area contributed by atoms with Crippen molar-refractivity contribution in [1.82, 2.24) is 0 Å². The molecule has 1 aliphatic heterocycles. The van der Waals surface area contributed by atoms with Crippen molar-refractivity contribution in [3.8, 4) is 5.75 Å². The van der Waals surface area contributed by atoms with Gasteiger partial charge in [0.25, 0.3) is 5.91 Å². The molecule has 0 radical (unpaired) electrons. The fourth-order valence-electron chi connectivity index (χ4n) is 3.29. The number of nitrogens with zero attached hydrogens (tertiary/aromatic N) is 1. The summed E-state index contributed by atoms with van der Waals surface area (Å²) in [5.41, 5.74) is 7.17. The van der Waals surface area contributed by atoms with E-state index in [0.717, 1.165) is 29.2 Å². The van der Waals surface area contributed by atoms with E-state index in [1.807, 2.05) is 43.3 Å². The van der Waals surface area contributed by atoms with Crippen molar-refractivity contribution in [2.75, 3.05) is 17.7 Å². The van der Waals surface area contributed by atoms with Crippen LogP contribution in [-0.4, -0.2) is 29.0 Å². The Bertz CT molecular complexity index is 772. The molecule has 0 saturated heterocycles. The number of nitrogens with two attached hydrogens (primary N) is 1. The summed E-state index contributed by atoms with van der Waals surface area (Å²) >= 11 is 1.60. The molecule has 0 spiro atoms. The highest BCUT2D eigenvalue weighted by molar-refractivity contribution is 8.13. The maximum atomic E-state index is 12.7. The minimum atomic E-state index is -0.249. The maximum Gasteiger partial charge on any atom is 0.251 e. The Labute approximate surface area is 158 Å². The van der Waals surface area contributed by atoms with Crippen molar-refractivity contribution in [1.29, 1.82) is 0 Å². The number of hydrogen-bond acceptors (Lipinski definition) is 5. The van der Waals surface area contributed by atoms with E-state index in [1.165, 1.54) is 0 Å². The molecule has 5 nitrogen and oxygen atoms in total. The molecule has 1 aromatic carbocycles. The van der Waals surface area contributed by atoms with Crippen LogP contribution in [0, 0.1) is 5.92 Å². The van der Waals surface area contributed by atoms with E-state index in [1.54, 1.807) is 11.8 Å². The van der Waals surface area contributed by atoms with Crippen LogP contribution in [0.5, 0.6) is 5.75 Å². The van der Waals surface area contributed by atoms with Gasteiger partial charge in [-0.2, -0.15) is 0 Å². The number of allylic oxidation sites excluding steroid dienone is 2. The minimum absolute atomic E-state index is 0.0845. The second-order valence-corrected chi connectivity index (χ2v) is 7.82. The van der Waals surface area contributed by atoms with Gasteiger partial charge in [0, 0.05) is 29.0 Å². The molecule has 3 rings (SSSR count). The number of benzene rings is 1. The van der Waals surface area contributed by atoms with Gasteiger partial charge in [0.2, 0.25) is 0 Å². The molecule has 0 aromatic heterocycles. The summed E-state index contributed by atoms with van der Waals surface area (Å²) in [5.74, 6) is 1.80. The van der Waals surface area contributed by atoms with E-state index < -0.39 is 0 Å². The first kappa shape index (κ1) is 18.6. The topological polar surface area (TPSA) is 76.7 Å². The molecule has 2 aliphatic rings. The lowest BCUT2D eigenvalue weighted by Crippen LogP contribution is -2.39. The molecule has 138 valence electrons. The normalized spacial score (nSPS) is 25.2. The van der Waals surface area contributed by atoms with Gasteiger partial charge >= 0.3 is 0 Å². The summed E-state index contributed by atoms with van der Waals surface area (Å²) in [5, 5.41) is 3.61. The van der Waals surface area contributed by atoms with E-state index in [2.05, 4.69) is 23.3 Å². The van der Waals surface area contributed by atoms with Crippen LogP contribution in [0.15, 0.2) is 53.1 Å². The number of carbonyl (C=O) groups excluding carboxylic acids is 1. The average molecular weight is 372 g/mol. The van der Waals surface area contributed by atoms with Gasteiger partial charge in [-0.15, -0.1) is 0 Å². The van der Waals surface area contributed by atoms with Gasteiger partial charge in [0.1, 0.15) is 5.75 Å². The van der Waals surface area contributed by atoms with Gasteiger partial charge in [-0.25, -0.2) is 0 Å². The molecular formula is C20H25N3O2S. The number of anilines is 1. The van der Waals surface area contributed by atoms with Crippen LogP contribution in [0.25, 0.3) is 0 Å². The zero-order valence-corrected chi connectivity index (χ0v) is 16.0. The number of hydrogen-bond donors (Lipinski definition) is 2. The Morgan fingerprint density at radius 2 is 2.35 bits per heavy atom. The molecule has 26 heavy (non-hydrogen) atoms. The Hall–Kier alpha value is -2.21. The molecule has 1 aromatic rings. The summed E-state index contributed by atoms with van der Waals surface area (Å²) in [6.07, 6.45) is 7.59. The first-order valence-corrected chi connectivity index (χ1v) is 9.88. The van der Waals surface area contributed by atoms with Crippen molar-refractivity contribution < 1.29 is 9.53 Å². The molecule has 0 saturated carbocycles. The summed E-state index contributed by atoms with van der Waals surface area (Å²) in [6, 6.07) is 7.45. The SMILES string of the molecule is CCOc1cccc(NC(=O)C2=CC=CC(C3(C)CCSC(N)=N3)C2)c1. The molecule has 1 amide bonds. The first-order valence-electron chi connectivity index (χ1n) is 8.90. The molecule has 3 N–H and O–H groups in total. The molecule has 1 heterocycles. The fourth-order valence-corrected chi connectivity index (χ4v) is 4.28. The van der Waals surface area contributed by atoms with Gasteiger partial charge in [0.15, 0.2) is 5.17 Å². The van der Waals surface area contributed by atoms with Crippen LogP contribution < -0.4 is 15.8 Å². The van der Waals surface area contributed by atoms with Crippen LogP contribution in [0.2, 0.25) is 0 Å². The monoisotopic (exact) mass is 371 g/mol. The van der Waals surface area contributed by atoms with Crippen molar-refractivity contribution in [3.05, 3.63) is 48.1 Å². The molecule has 2 unspecified atom stereocenters. The largest absolute Gasteiger partial charge is 0.494 e. The van der Waals surface area contributed by atoms with Crippen LogP contribution in [0.1, 0.15) is 26.7 Å². The van der Waals surface area contributed by atoms with Gasteiger partial charge < -0.3 is 15.8 Å². The number of rotatable bonds is 5. The first-order chi connectivity index (χ1) is 12.5. The number of amides is 1. The summed E-state index contributed by atoms with van der Waals surface area (Å²) in [4.78, 5) is 17.4. The lowest BCUT2D eigenvalue weighted by Gasteiger charge is -2.36. The number of ether oxygens (including phenoxy) is 1. The number of nitrogens with one attached hydrogen (secondary N) is 1. The van der Waals surface area contributed by atoms with E-state index in [4.69, 9.17) is 10.5 Å². The van der Waals surface area contributed by atoms with E-state index >= 15 is 0 Å². The van der Waals surface area contributed by atoms with Gasteiger partial charge in [-0.1, -0.05) is 36.1 Å². The predicted molar refractivity (Wildman–Crippen MR) is 109 cm³/mol. The number of carbonyl (C=O) groups is 1. The maximum absolute atomic E-state index is 12.7. The van der Waals surface area contributed by atoms with E-state index in [-0.39, 0.29) is 17.4 Å². The fraction of sp³-hybridized carbons (Fsp3) is 0.400. The lowest BCUT2D eigenvalue weighted by molar-refractivity contribution is -0.113. The standard InChI is InChI=1S/C20H25N3O2S/c1-3-25-17-9-5-8-16(13-17)22-18(24)14-6-4-7-15(12-14)20(2)10-11-26-19(21)23-20/h4-9,13,15H,3,10-12H2,1-2H3,(H2,21,23)(H,22,24). The Kier molecular flexibility index (Phi) is 5.71. The van der Waals surface area contributed by atoms with Gasteiger partial charge in [-0.05, 0) is 38.8 Å². The molecule has 1 aliphatic carbocycles. The predicted octanol–water partition coefficient (Wildman–Crippen LogP) is 3.74. The van der Waals surface area contributed by atoms with Crippen molar-refractivity contribution in [3.63, 3.8) is 0 Å². The van der Waals surface area contributed by atoms with E-state index in [0.29, 0.717) is 18.2 Å². The third kappa shape index (κ3) is 4.30. The Morgan fingerprint density at radius 1 is 1.50 bits per heavy atom. The van der Waals surface area contributed by atoms with Crippen molar-refractivity contribution >= 4 is 28.5 Å². The number of aliphatic imine (C=N–C) groups is 1. The Morgan fingerprint density at radius 3 is 3.12 bits per heavy atom. The molecule has 2 atom stereocenters. The highest BCUT2D eigenvalue weighted by atomic mass is 32.2. The zero-order chi connectivity index (χ0) is 18.6. The smallest absolute Gasteiger partial charge is 0.251 e. The average Bonchev–Trinajstić information content (AvgIpc) is 2.62. The van der Waals surface area contributed by atoms with Crippen molar-refractivity contribution in [2.45, 2.75) is 32.2 Å². The molecule has 0 fully saturated rings. The highest BCUT2D eigenvalue weighted by Gasteiger charge is 2.36. The molecule has 0 bridgehead atoms. The summed E-state index contributed by atoms with van der Waals surface area (Å²) in [7, 11) is 0. The van der Waals surface area contributed by atoms with E-state index in [9.17, 15) is 4.79 Å². The van der Waals surface area contributed by atoms with Gasteiger partial charge in [0.05, 0.1) is 12.1 Å². The Balaban J connectivity index is 1.69. The zero-order valence-electron chi connectivity index (χ0n) is 15.2. The van der Waals surface area contributed by atoms with Crippen LogP contribution >= 0.6 is 11.8 Å². The summed E-state index contributed by atoms with van der Waals surface area (Å²) < 4.78 is 5.49.